The van der Waals surface area contributed by atoms with Crippen LogP contribution in [0.25, 0.3) is 0 Å². The number of para-hydroxylation sites is 1. The summed E-state index contributed by atoms with van der Waals surface area (Å²) in [6.07, 6.45) is 2.19. The van der Waals surface area contributed by atoms with Crippen LogP contribution in [0, 0.1) is 5.82 Å². The number of aryl methyl sites for hydroxylation is 1. The van der Waals surface area contributed by atoms with Gasteiger partial charge in [0, 0.05) is 25.5 Å². The average molecular weight is 390 g/mol. The smallest absolute Gasteiger partial charge is 0.274 e. The zero-order valence-corrected chi connectivity index (χ0v) is 15.8. The van der Waals surface area contributed by atoms with Gasteiger partial charge >= 0.3 is 0 Å². The Morgan fingerprint density at radius 1 is 1.17 bits per heavy atom. The predicted molar refractivity (Wildman–Crippen MR) is 105 cm³/mol. The summed E-state index contributed by atoms with van der Waals surface area (Å²) in [4.78, 5) is 28.3. The van der Waals surface area contributed by atoms with Crippen molar-refractivity contribution in [1.29, 1.82) is 0 Å². The van der Waals surface area contributed by atoms with Crippen molar-refractivity contribution < 1.29 is 14.0 Å². The van der Waals surface area contributed by atoms with E-state index < -0.39 is 11.5 Å². The number of hydrogen-bond acceptors (Lipinski definition) is 3. The van der Waals surface area contributed by atoms with Crippen LogP contribution in [-0.4, -0.2) is 33.0 Å². The molecule has 0 bridgehead atoms. The molecule has 6 nitrogen and oxygen atoms in total. The van der Waals surface area contributed by atoms with Crippen LogP contribution in [-0.2, 0) is 17.3 Å². The standard InChI is InChI=1S/C22H19FN4O2/c1-26-12-10-18(25-26)20(28)27-13-11-22(19(27)14-6-8-15(23)9-7-14)16-4-2-3-5-17(16)24-21(22)29/h2-10,12,19H,11,13H2,1H3,(H,24,29)/t19-,22+/m0/s1. The highest BCUT2D eigenvalue weighted by Crippen LogP contribution is 2.54. The van der Waals surface area contributed by atoms with Crippen molar-refractivity contribution >= 4 is 17.5 Å². The monoisotopic (exact) mass is 390 g/mol. The second kappa shape index (κ2) is 6.27. The lowest BCUT2D eigenvalue weighted by Crippen LogP contribution is -2.42. The van der Waals surface area contributed by atoms with Crippen LogP contribution in [0.15, 0.2) is 60.8 Å². The molecule has 146 valence electrons. The van der Waals surface area contributed by atoms with Crippen molar-refractivity contribution in [3.8, 4) is 0 Å². The van der Waals surface area contributed by atoms with Gasteiger partial charge in [-0.1, -0.05) is 30.3 Å². The second-order valence-electron chi connectivity index (χ2n) is 7.55. The van der Waals surface area contributed by atoms with Crippen LogP contribution in [0.5, 0.6) is 0 Å². The first-order valence-electron chi connectivity index (χ1n) is 9.48. The van der Waals surface area contributed by atoms with Gasteiger partial charge in [-0.15, -0.1) is 0 Å². The molecule has 2 amide bonds. The summed E-state index contributed by atoms with van der Waals surface area (Å²) in [5.74, 6) is -0.738. The molecule has 0 saturated carbocycles. The van der Waals surface area contributed by atoms with Crippen LogP contribution in [0.1, 0.15) is 34.1 Å². The number of fused-ring (bicyclic) bond motifs is 2. The summed E-state index contributed by atoms with van der Waals surface area (Å²) >= 11 is 0. The van der Waals surface area contributed by atoms with Crippen molar-refractivity contribution in [2.45, 2.75) is 17.9 Å². The van der Waals surface area contributed by atoms with Crippen molar-refractivity contribution in [3.05, 3.63) is 83.4 Å². The molecular formula is C22H19FN4O2. The summed E-state index contributed by atoms with van der Waals surface area (Å²) < 4.78 is 15.2. The molecule has 2 aliphatic heterocycles. The molecule has 2 atom stereocenters. The number of aromatic nitrogens is 2. The van der Waals surface area contributed by atoms with Gasteiger partial charge in [-0.3, -0.25) is 14.3 Å². The van der Waals surface area contributed by atoms with Gasteiger partial charge in [-0.25, -0.2) is 4.39 Å². The number of anilines is 1. The third-order valence-corrected chi connectivity index (χ3v) is 5.97. The average Bonchev–Trinajstić information content (AvgIpc) is 3.40. The maximum Gasteiger partial charge on any atom is 0.274 e. The number of rotatable bonds is 2. The van der Waals surface area contributed by atoms with Crippen LogP contribution < -0.4 is 5.32 Å². The molecule has 5 rings (SSSR count). The number of nitrogens with zero attached hydrogens (tertiary/aromatic N) is 3. The molecule has 7 heteroatoms. The first kappa shape index (κ1) is 17.6. The van der Waals surface area contributed by atoms with E-state index in [4.69, 9.17) is 0 Å². The highest BCUT2D eigenvalue weighted by atomic mass is 19.1. The van der Waals surface area contributed by atoms with Gasteiger partial charge in [0.05, 0.1) is 6.04 Å². The lowest BCUT2D eigenvalue weighted by Gasteiger charge is -2.34. The molecule has 1 spiro atoms. The van der Waals surface area contributed by atoms with E-state index in [0.717, 1.165) is 16.8 Å². The Labute approximate surface area is 166 Å². The van der Waals surface area contributed by atoms with Crippen LogP contribution in [0.4, 0.5) is 10.1 Å². The SMILES string of the molecule is Cn1ccc(C(=O)N2CC[C@]3(C(=O)Nc4ccccc43)[C@@H]2c2ccc(F)cc2)n1. The van der Waals surface area contributed by atoms with Crippen LogP contribution in [0.2, 0.25) is 0 Å². The molecular weight excluding hydrogens is 371 g/mol. The van der Waals surface area contributed by atoms with Gasteiger partial charge < -0.3 is 10.2 Å². The first-order chi connectivity index (χ1) is 14.0. The van der Waals surface area contributed by atoms with Crippen molar-refractivity contribution in [1.82, 2.24) is 14.7 Å². The minimum atomic E-state index is -0.918. The molecule has 1 aromatic heterocycles. The number of benzene rings is 2. The normalized spacial score (nSPS) is 22.8. The lowest BCUT2D eigenvalue weighted by atomic mass is 9.72. The van der Waals surface area contributed by atoms with Crippen molar-refractivity contribution in [2.24, 2.45) is 7.05 Å². The molecule has 2 aliphatic rings. The van der Waals surface area contributed by atoms with E-state index in [9.17, 15) is 14.0 Å². The molecule has 2 aromatic carbocycles. The first-order valence-corrected chi connectivity index (χ1v) is 9.48. The van der Waals surface area contributed by atoms with Gasteiger partial charge in [0.15, 0.2) is 0 Å². The number of halogens is 1. The molecule has 0 unspecified atom stereocenters. The van der Waals surface area contributed by atoms with E-state index in [1.165, 1.54) is 12.1 Å². The zero-order chi connectivity index (χ0) is 20.2. The number of hydrogen-bond donors (Lipinski definition) is 1. The number of carbonyl (C=O) groups is 2. The largest absolute Gasteiger partial charge is 0.329 e. The van der Waals surface area contributed by atoms with Gasteiger partial charge in [-0.2, -0.15) is 5.10 Å². The molecule has 1 N–H and O–H groups in total. The minimum Gasteiger partial charge on any atom is -0.329 e. The van der Waals surface area contributed by atoms with Crippen molar-refractivity contribution in [2.75, 3.05) is 11.9 Å². The van der Waals surface area contributed by atoms with Gasteiger partial charge in [-0.05, 0) is 41.8 Å². The summed E-state index contributed by atoms with van der Waals surface area (Å²) in [5.41, 5.74) is 1.76. The molecule has 1 saturated heterocycles. The maximum atomic E-state index is 13.6. The zero-order valence-electron chi connectivity index (χ0n) is 15.8. The molecule has 1 fully saturated rings. The Morgan fingerprint density at radius 2 is 1.93 bits per heavy atom. The fourth-order valence-electron chi connectivity index (χ4n) is 4.69. The minimum absolute atomic E-state index is 0.135. The van der Waals surface area contributed by atoms with Crippen LogP contribution in [0.3, 0.4) is 0 Å². The Morgan fingerprint density at radius 3 is 2.66 bits per heavy atom. The molecule has 3 aromatic rings. The van der Waals surface area contributed by atoms with E-state index >= 15 is 0 Å². The van der Waals surface area contributed by atoms with E-state index in [0.29, 0.717) is 18.7 Å². The number of nitrogens with one attached hydrogen (secondary N) is 1. The highest BCUT2D eigenvalue weighted by Gasteiger charge is 2.59. The molecule has 3 heterocycles. The Bertz CT molecular complexity index is 1120. The van der Waals surface area contributed by atoms with E-state index in [1.54, 1.807) is 41.0 Å². The summed E-state index contributed by atoms with van der Waals surface area (Å²) in [6.45, 7) is 0.402. The number of amides is 2. The van der Waals surface area contributed by atoms with E-state index in [1.807, 2.05) is 24.3 Å². The number of carbonyl (C=O) groups excluding carboxylic acids is 2. The van der Waals surface area contributed by atoms with Gasteiger partial charge in [0.1, 0.15) is 16.9 Å². The second-order valence-corrected chi connectivity index (χ2v) is 7.55. The Hall–Kier alpha value is -3.48. The number of likely N-dealkylation sites (tertiary alicyclic amines) is 1. The third kappa shape index (κ3) is 2.50. The topological polar surface area (TPSA) is 67.2 Å². The predicted octanol–water partition coefficient (Wildman–Crippen LogP) is 3.04. The Kier molecular flexibility index (Phi) is 3.81. The molecule has 0 aliphatic carbocycles. The van der Waals surface area contributed by atoms with Crippen LogP contribution >= 0.6 is 0 Å². The fourth-order valence-corrected chi connectivity index (χ4v) is 4.69. The van der Waals surface area contributed by atoms with Gasteiger partial charge in [0.2, 0.25) is 5.91 Å². The molecule has 0 radical (unpaired) electrons. The quantitative estimate of drug-likeness (QED) is 0.731. The highest BCUT2D eigenvalue weighted by molar-refractivity contribution is 6.08. The van der Waals surface area contributed by atoms with E-state index in [2.05, 4.69) is 10.4 Å². The maximum absolute atomic E-state index is 13.6. The molecule has 29 heavy (non-hydrogen) atoms. The van der Waals surface area contributed by atoms with Gasteiger partial charge in [0.25, 0.3) is 5.91 Å². The summed E-state index contributed by atoms with van der Waals surface area (Å²) in [5, 5.41) is 7.21. The Balaban J connectivity index is 1.67. The third-order valence-electron chi connectivity index (χ3n) is 5.97. The summed E-state index contributed by atoms with van der Waals surface area (Å²) in [7, 11) is 1.75. The summed E-state index contributed by atoms with van der Waals surface area (Å²) in [6, 6.07) is 14.7. The van der Waals surface area contributed by atoms with Crippen molar-refractivity contribution in [3.63, 3.8) is 0 Å². The lowest BCUT2D eigenvalue weighted by molar-refractivity contribution is -0.121. The fraction of sp³-hybridized carbons (Fsp3) is 0.227. The van der Waals surface area contributed by atoms with E-state index in [-0.39, 0.29) is 17.6 Å².